The first-order valence-electron chi connectivity index (χ1n) is 25.8. The lowest BCUT2D eigenvalue weighted by molar-refractivity contribution is 0.680. The molecule has 1 aromatic heterocycles. The van der Waals surface area contributed by atoms with Crippen LogP contribution in [0.15, 0.2) is 267 Å². The van der Waals surface area contributed by atoms with Crippen LogP contribution < -0.4 is 9.80 Å². The van der Waals surface area contributed by atoms with E-state index in [0.717, 1.165) is 83.9 Å². The number of fused-ring (bicyclic) bond motifs is 7. The SMILES string of the molecule is CC1(c2ccccc2)c2ccccc2N(c2c(-c3ccccc3)c(C#N)c(-c3ccccc3)c(N3c4ccccc4C(C)(c4ccccc4)c4ccccc43)c2-n2c3ccccc3c3ccccc32)c2ccccc21. The molecule has 0 bridgehead atoms. The molecule has 0 saturated heterocycles. The molecule has 0 spiro atoms. The van der Waals surface area contributed by atoms with E-state index in [-0.39, 0.29) is 0 Å². The molecule has 354 valence electrons. The Balaban J connectivity index is 1.26. The summed E-state index contributed by atoms with van der Waals surface area (Å²) < 4.78 is 2.52. The van der Waals surface area contributed by atoms with E-state index in [1.165, 1.54) is 33.4 Å². The van der Waals surface area contributed by atoms with Gasteiger partial charge in [-0.05, 0) is 94.8 Å². The van der Waals surface area contributed by atoms with Gasteiger partial charge in [0.15, 0.2) is 0 Å². The Kier molecular flexibility index (Phi) is 10.1. The second-order valence-electron chi connectivity index (χ2n) is 20.1. The summed E-state index contributed by atoms with van der Waals surface area (Å²) in [6.45, 7) is 4.75. The maximum absolute atomic E-state index is 12.5. The van der Waals surface area contributed by atoms with Crippen LogP contribution in [0.1, 0.15) is 52.8 Å². The Labute approximate surface area is 437 Å². The van der Waals surface area contributed by atoms with Crippen LogP contribution in [0, 0.1) is 11.3 Å². The molecule has 11 aromatic carbocycles. The fourth-order valence-electron chi connectivity index (χ4n) is 13.0. The molecule has 4 heteroatoms. The van der Waals surface area contributed by atoms with Gasteiger partial charge in [-0.1, -0.05) is 231 Å². The van der Waals surface area contributed by atoms with E-state index >= 15 is 0 Å². The van der Waals surface area contributed by atoms with Crippen LogP contribution in [-0.2, 0) is 10.8 Å². The molecule has 3 heterocycles. The van der Waals surface area contributed by atoms with Crippen molar-refractivity contribution in [2.45, 2.75) is 24.7 Å². The Morgan fingerprint density at radius 3 is 0.960 bits per heavy atom. The van der Waals surface area contributed by atoms with Crippen LogP contribution in [0.2, 0.25) is 0 Å². The summed E-state index contributed by atoms with van der Waals surface area (Å²) in [6, 6.07) is 99.4. The minimum atomic E-state index is -0.539. The van der Waals surface area contributed by atoms with E-state index in [0.29, 0.717) is 5.56 Å². The Morgan fingerprint density at radius 1 is 0.320 bits per heavy atom. The van der Waals surface area contributed by atoms with Gasteiger partial charge in [0.2, 0.25) is 0 Å². The maximum Gasteiger partial charge on any atom is 0.101 e. The van der Waals surface area contributed by atoms with Crippen molar-refractivity contribution < 1.29 is 0 Å². The molecule has 0 atom stereocenters. The molecule has 0 amide bonds. The number of nitrogens with zero attached hydrogens (tertiary/aromatic N) is 4. The first-order chi connectivity index (χ1) is 37.0. The van der Waals surface area contributed by atoms with Crippen LogP contribution in [0.5, 0.6) is 0 Å². The minimum Gasteiger partial charge on any atom is -0.307 e. The standard InChI is InChI=1S/C71H50N4/c1-70(50-31-11-5-12-32-50)55-37-17-23-43-61(55)74(62-44-24-18-38-56(62)70)67-65(48-27-7-3-8-28-48)54(47-72)66(49-29-9-4-10-30-49)68(69(67)73-59-41-21-15-35-52(59)53-36-16-22-42-60(53)73)75-63-45-25-19-39-57(63)71(2,51-33-13-6-14-34-51)58-40-20-26-46-64(58)75/h3-46H,1-2H3. The van der Waals surface area contributed by atoms with Gasteiger partial charge in [0.05, 0.1) is 56.4 Å². The zero-order valence-electron chi connectivity index (χ0n) is 41.7. The zero-order chi connectivity index (χ0) is 50.3. The third-order valence-electron chi connectivity index (χ3n) is 16.3. The summed E-state index contributed by atoms with van der Waals surface area (Å²) in [5.41, 5.74) is 19.2. The van der Waals surface area contributed by atoms with E-state index in [9.17, 15) is 5.26 Å². The molecule has 0 radical (unpaired) electrons. The van der Waals surface area contributed by atoms with Crippen molar-refractivity contribution in [1.29, 1.82) is 5.26 Å². The molecule has 0 saturated carbocycles. The van der Waals surface area contributed by atoms with Gasteiger partial charge in [0.1, 0.15) is 6.07 Å². The van der Waals surface area contributed by atoms with Gasteiger partial charge >= 0.3 is 0 Å². The van der Waals surface area contributed by atoms with Gasteiger partial charge in [-0.15, -0.1) is 0 Å². The lowest BCUT2D eigenvalue weighted by atomic mass is 9.67. The van der Waals surface area contributed by atoms with Crippen molar-refractivity contribution in [2.75, 3.05) is 9.80 Å². The Hall–Kier alpha value is -9.69. The molecule has 75 heavy (non-hydrogen) atoms. The predicted octanol–water partition coefficient (Wildman–Crippen LogP) is 18.3. The minimum absolute atomic E-state index is 0.539. The van der Waals surface area contributed by atoms with Crippen molar-refractivity contribution in [3.05, 3.63) is 306 Å². The average molecular weight is 959 g/mol. The molecule has 14 rings (SSSR count). The summed E-state index contributed by atoms with van der Waals surface area (Å²) in [6.07, 6.45) is 0. The molecular formula is C71H50N4. The highest BCUT2D eigenvalue weighted by molar-refractivity contribution is 6.16. The molecule has 0 unspecified atom stereocenters. The molecule has 2 aliphatic heterocycles. The van der Waals surface area contributed by atoms with Crippen molar-refractivity contribution in [1.82, 2.24) is 4.57 Å². The first kappa shape index (κ1) is 44.0. The summed E-state index contributed by atoms with van der Waals surface area (Å²) in [4.78, 5) is 5.01. The smallest absolute Gasteiger partial charge is 0.101 e. The fraction of sp³-hybridized carbons (Fsp3) is 0.0563. The quantitative estimate of drug-likeness (QED) is 0.160. The lowest BCUT2D eigenvalue weighted by Crippen LogP contribution is -2.36. The van der Waals surface area contributed by atoms with E-state index < -0.39 is 10.8 Å². The van der Waals surface area contributed by atoms with Gasteiger partial charge in [0.25, 0.3) is 0 Å². The van der Waals surface area contributed by atoms with Crippen LogP contribution in [0.3, 0.4) is 0 Å². The number of aromatic nitrogens is 1. The highest BCUT2D eigenvalue weighted by Crippen LogP contribution is 2.64. The number of hydrogen-bond acceptors (Lipinski definition) is 3. The van der Waals surface area contributed by atoms with Gasteiger partial charge in [-0.2, -0.15) is 5.26 Å². The summed E-state index contributed by atoms with van der Waals surface area (Å²) in [5, 5.41) is 14.8. The highest BCUT2D eigenvalue weighted by Gasteiger charge is 2.47. The number of nitriles is 1. The number of hydrogen-bond donors (Lipinski definition) is 0. The topological polar surface area (TPSA) is 35.2 Å². The van der Waals surface area contributed by atoms with Crippen molar-refractivity contribution in [3.8, 4) is 34.0 Å². The van der Waals surface area contributed by atoms with E-state index in [1.54, 1.807) is 0 Å². The third-order valence-corrected chi connectivity index (χ3v) is 16.3. The second-order valence-corrected chi connectivity index (χ2v) is 20.1. The van der Waals surface area contributed by atoms with Crippen LogP contribution in [0.4, 0.5) is 34.1 Å². The van der Waals surface area contributed by atoms with E-state index in [4.69, 9.17) is 0 Å². The summed E-state index contributed by atoms with van der Waals surface area (Å²) >= 11 is 0. The fourth-order valence-corrected chi connectivity index (χ4v) is 13.0. The highest BCUT2D eigenvalue weighted by atomic mass is 15.2. The summed E-state index contributed by atoms with van der Waals surface area (Å²) in [7, 11) is 0. The largest absolute Gasteiger partial charge is 0.307 e. The molecule has 12 aromatic rings. The maximum atomic E-state index is 12.5. The second kappa shape index (κ2) is 17.2. The number of para-hydroxylation sites is 6. The number of anilines is 6. The van der Waals surface area contributed by atoms with Crippen LogP contribution in [-0.4, -0.2) is 4.57 Å². The number of rotatable bonds is 7. The molecular weight excluding hydrogens is 909 g/mol. The average Bonchev–Trinajstić information content (AvgIpc) is 3.82. The van der Waals surface area contributed by atoms with Crippen LogP contribution in [0.25, 0.3) is 49.7 Å². The molecule has 2 aliphatic rings. The van der Waals surface area contributed by atoms with Crippen LogP contribution >= 0.6 is 0 Å². The van der Waals surface area contributed by atoms with Crippen molar-refractivity contribution in [2.24, 2.45) is 0 Å². The lowest BCUT2D eigenvalue weighted by Gasteiger charge is -2.47. The Bertz CT molecular complexity index is 3870. The first-order valence-corrected chi connectivity index (χ1v) is 25.8. The van der Waals surface area contributed by atoms with E-state index in [1.807, 2.05) is 0 Å². The van der Waals surface area contributed by atoms with Crippen molar-refractivity contribution >= 4 is 55.9 Å². The summed E-state index contributed by atoms with van der Waals surface area (Å²) in [5.74, 6) is 0. The van der Waals surface area contributed by atoms with Gasteiger partial charge < -0.3 is 14.4 Å². The predicted molar refractivity (Wildman–Crippen MR) is 310 cm³/mol. The Morgan fingerprint density at radius 2 is 0.613 bits per heavy atom. The molecule has 0 fully saturated rings. The van der Waals surface area contributed by atoms with E-state index in [2.05, 4.69) is 301 Å². The molecule has 0 N–H and O–H groups in total. The van der Waals surface area contributed by atoms with Gasteiger partial charge in [-0.3, -0.25) is 0 Å². The molecule has 4 nitrogen and oxygen atoms in total. The van der Waals surface area contributed by atoms with Gasteiger partial charge in [0, 0.05) is 32.7 Å². The number of benzene rings is 11. The van der Waals surface area contributed by atoms with Crippen molar-refractivity contribution in [3.63, 3.8) is 0 Å². The normalized spacial score (nSPS) is 13.9. The third kappa shape index (κ3) is 6.35. The zero-order valence-corrected chi connectivity index (χ0v) is 41.7. The van der Waals surface area contributed by atoms with Gasteiger partial charge in [-0.25, -0.2) is 0 Å². The monoisotopic (exact) mass is 958 g/mol. The molecule has 0 aliphatic carbocycles.